The molecular formula is C21H31ClO2. The van der Waals surface area contributed by atoms with Gasteiger partial charge in [0.25, 0.3) is 0 Å². The van der Waals surface area contributed by atoms with Crippen molar-refractivity contribution in [1.82, 2.24) is 0 Å². The Morgan fingerprint density at radius 2 is 2.04 bits per heavy atom. The molecule has 134 valence electrons. The number of fused-ring (bicyclic) bond motifs is 5. The van der Waals surface area contributed by atoms with E-state index in [1.807, 2.05) is 0 Å². The molecule has 0 aromatic rings. The molecule has 0 aromatic carbocycles. The molecule has 3 saturated carbocycles. The van der Waals surface area contributed by atoms with Crippen molar-refractivity contribution in [3.63, 3.8) is 0 Å². The zero-order chi connectivity index (χ0) is 16.9. The molecule has 3 heteroatoms. The van der Waals surface area contributed by atoms with Crippen molar-refractivity contribution >= 4 is 17.6 Å². The lowest BCUT2D eigenvalue weighted by molar-refractivity contribution is -0.153. The molecule has 0 saturated heterocycles. The summed E-state index contributed by atoms with van der Waals surface area (Å²) in [7, 11) is 0. The Morgan fingerprint density at radius 3 is 2.83 bits per heavy atom. The maximum atomic E-state index is 12.4. The minimum atomic E-state index is -0.0475. The highest BCUT2D eigenvalue weighted by Crippen LogP contribution is 2.66. The maximum Gasteiger partial charge on any atom is 0.310 e. The molecule has 0 spiro atoms. The summed E-state index contributed by atoms with van der Waals surface area (Å²) in [5, 5.41) is 0. The van der Waals surface area contributed by atoms with E-state index in [1.54, 1.807) is 5.57 Å². The van der Waals surface area contributed by atoms with E-state index in [1.165, 1.54) is 51.4 Å². The molecule has 24 heavy (non-hydrogen) atoms. The third-order valence-electron chi connectivity index (χ3n) is 8.51. The number of allylic oxidation sites excluding steroid dienone is 2. The minimum absolute atomic E-state index is 0.00560. The Hall–Kier alpha value is -0.500. The van der Waals surface area contributed by atoms with Crippen LogP contribution in [0.1, 0.15) is 71.6 Å². The maximum absolute atomic E-state index is 12.4. The topological polar surface area (TPSA) is 26.3 Å². The highest BCUT2D eigenvalue weighted by Gasteiger charge is 2.60. The normalized spacial score (nSPS) is 47.2. The summed E-state index contributed by atoms with van der Waals surface area (Å²) < 4.78 is 5.20. The van der Waals surface area contributed by atoms with Crippen molar-refractivity contribution in [3.8, 4) is 0 Å². The number of hydrogen-bond donors (Lipinski definition) is 0. The van der Waals surface area contributed by atoms with E-state index < -0.39 is 0 Å². The van der Waals surface area contributed by atoms with Gasteiger partial charge >= 0.3 is 5.97 Å². The van der Waals surface area contributed by atoms with E-state index in [9.17, 15) is 4.79 Å². The van der Waals surface area contributed by atoms with Gasteiger partial charge < -0.3 is 4.74 Å². The standard InChI is InChI=1S/C21H31ClO2/c1-20-11-4-3-5-14(20)6-7-15-16-8-9-18(19(23)24-13-22)21(16,2)12-10-17(15)20/h5,15-18H,3-4,6-13H2,1-2H3/t15-,16-,17-,18?,20-,21-/m0/s1. The third-order valence-corrected chi connectivity index (χ3v) is 8.62. The van der Waals surface area contributed by atoms with Gasteiger partial charge in [-0.3, -0.25) is 4.79 Å². The molecule has 0 N–H and O–H groups in total. The van der Waals surface area contributed by atoms with E-state index in [0.717, 1.165) is 18.3 Å². The Morgan fingerprint density at radius 1 is 1.21 bits per heavy atom. The van der Waals surface area contributed by atoms with Crippen LogP contribution in [0.5, 0.6) is 0 Å². The van der Waals surface area contributed by atoms with E-state index in [0.29, 0.717) is 11.3 Å². The van der Waals surface area contributed by atoms with Gasteiger partial charge in [0, 0.05) is 0 Å². The average Bonchev–Trinajstić information content (AvgIpc) is 2.92. The van der Waals surface area contributed by atoms with Crippen LogP contribution in [0.4, 0.5) is 0 Å². The lowest BCUT2D eigenvalue weighted by atomic mass is 9.47. The van der Waals surface area contributed by atoms with Gasteiger partial charge in [-0.15, -0.1) is 0 Å². The van der Waals surface area contributed by atoms with Gasteiger partial charge in [0.2, 0.25) is 0 Å². The number of esters is 1. The Labute approximate surface area is 151 Å². The van der Waals surface area contributed by atoms with E-state index >= 15 is 0 Å². The van der Waals surface area contributed by atoms with Gasteiger partial charge in [0.05, 0.1) is 5.92 Å². The first-order valence-corrected chi connectivity index (χ1v) is 10.5. The monoisotopic (exact) mass is 350 g/mol. The van der Waals surface area contributed by atoms with E-state index in [2.05, 4.69) is 19.9 Å². The lowest BCUT2D eigenvalue weighted by Crippen LogP contribution is -2.50. The zero-order valence-electron chi connectivity index (χ0n) is 15.2. The smallest absolute Gasteiger partial charge is 0.310 e. The molecular weight excluding hydrogens is 320 g/mol. The first kappa shape index (κ1) is 16.9. The van der Waals surface area contributed by atoms with Crippen LogP contribution >= 0.6 is 11.6 Å². The van der Waals surface area contributed by atoms with Gasteiger partial charge in [0.15, 0.2) is 6.07 Å². The fraction of sp³-hybridized carbons (Fsp3) is 0.857. The van der Waals surface area contributed by atoms with Crippen LogP contribution in [0.25, 0.3) is 0 Å². The van der Waals surface area contributed by atoms with E-state index in [-0.39, 0.29) is 23.4 Å². The number of ether oxygens (including phenoxy) is 1. The molecule has 3 fully saturated rings. The molecule has 0 aromatic heterocycles. The molecule has 1 unspecified atom stereocenters. The number of carbonyl (C=O) groups is 1. The average molecular weight is 351 g/mol. The molecule has 4 aliphatic rings. The third kappa shape index (κ3) is 2.31. The Bertz CT molecular complexity index is 556. The summed E-state index contributed by atoms with van der Waals surface area (Å²) in [5.74, 6) is 2.35. The molecule has 2 nitrogen and oxygen atoms in total. The van der Waals surface area contributed by atoms with Gasteiger partial charge in [-0.1, -0.05) is 37.1 Å². The van der Waals surface area contributed by atoms with Crippen molar-refractivity contribution < 1.29 is 9.53 Å². The number of halogens is 1. The summed E-state index contributed by atoms with van der Waals surface area (Å²) in [4.78, 5) is 12.4. The second-order valence-corrected chi connectivity index (χ2v) is 9.42. The van der Waals surface area contributed by atoms with Crippen molar-refractivity contribution in [2.24, 2.45) is 34.5 Å². The van der Waals surface area contributed by atoms with Gasteiger partial charge in [-0.25, -0.2) is 0 Å². The van der Waals surface area contributed by atoms with Crippen LogP contribution in [0.2, 0.25) is 0 Å². The molecule has 6 atom stereocenters. The van der Waals surface area contributed by atoms with Crippen LogP contribution in [0, 0.1) is 34.5 Å². The summed E-state index contributed by atoms with van der Waals surface area (Å²) in [6, 6.07) is -0.00560. The van der Waals surface area contributed by atoms with Gasteiger partial charge in [0.1, 0.15) is 0 Å². The van der Waals surface area contributed by atoms with Crippen LogP contribution in [-0.2, 0) is 9.53 Å². The quantitative estimate of drug-likeness (QED) is 0.363. The predicted octanol–water partition coefficient (Wildman–Crippen LogP) is 5.70. The van der Waals surface area contributed by atoms with Crippen LogP contribution in [-0.4, -0.2) is 12.0 Å². The molecule has 4 aliphatic carbocycles. The largest absolute Gasteiger partial charge is 0.449 e. The molecule has 0 amide bonds. The summed E-state index contributed by atoms with van der Waals surface area (Å²) in [6.07, 6.45) is 13.9. The van der Waals surface area contributed by atoms with Crippen molar-refractivity contribution in [2.75, 3.05) is 6.07 Å². The summed E-state index contributed by atoms with van der Waals surface area (Å²) in [6.45, 7) is 4.92. The van der Waals surface area contributed by atoms with Gasteiger partial charge in [-0.05, 0) is 86.4 Å². The highest BCUT2D eigenvalue weighted by atomic mass is 35.5. The van der Waals surface area contributed by atoms with Crippen molar-refractivity contribution in [2.45, 2.75) is 71.6 Å². The van der Waals surface area contributed by atoms with Crippen LogP contribution in [0.15, 0.2) is 11.6 Å². The predicted molar refractivity (Wildman–Crippen MR) is 96.6 cm³/mol. The van der Waals surface area contributed by atoms with Crippen LogP contribution < -0.4 is 0 Å². The van der Waals surface area contributed by atoms with Crippen molar-refractivity contribution in [3.05, 3.63) is 11.6 Å². The minimum Gasteiger partial charge on any atom is -0.449 e. The molecule has 0 heterocycles. The van der Waals surface area contributed by atoms with E-state index in [4.69, 9.17) is 16.3 Å². The summed E-state index contributed by atoms with van der Waals surface area (Å²) in [5.41, 5.74) is 2.34. The fourth-order valence-electron chi connectivity index (χ4n) is 7.30. The van der Waals surface area contributed by atoms with Crippen molar-refractivity contribution in [1.29, 1.82) is 0 Å². The second kappa shape index (κ2) is 6.04. The first-order chi connectivity index (χ1) is 11.5. The SMILES string of the molecule is C[C@]12CCCC=C1CC[C@@H]1[C@@H]2CC[C@]2(C)C(C(=O)OCCl)CC[C@@H]12. The lowest BCUT2D eigenvalue weighted by Gasteiger charge is -2.58. The molecule has 0 radical (unpaired) electrons. The molecule has 0 aliphatic heterocycles. The Balaban J connectivity index is 1.61. The molecule has 0 bridgehead atoms. The summed E-state index contributed by atoms with van der Waals surface area (Å²) >= 11 is 5.65. The number of hydrogen-bond acceptors (Lipinski definition) is 2. The fourth-order valence-corrected chi connectivity index (χ4v) is 7.40. The second-order valence-electron chi connectivity index (χ2n) is 9.20. The van der Waals surface area contributed by atoms with Gasteiger partial charge in [-0.2, -0.15) is 0 Å². The zero-order valence-corrected chi connectivity index (χ0v) is 15.9. The number of alkyl halides is 1. The highest BCUT2D eigenvalue weighted by molar-refractivity contribution is 6.17. The first-order valence-electron chi connectivity index (χ1n) is 9.93. The number of carbonyl (C=O) groups excluding carboxylic acids is 1. The van der Waals surface area contributed by atoms with Crippen LogP contribution in [0.3, 0.4) is 0 Å². The number of rotatable bonds is 2. The Kier molecular flexibility index (Phi) is 4.26. The molecule has 4 rings (SSSR count).